The van der Waals surface area contributed by atoms with Crippen LogP contribution >= 0.6 is 15.9 Å². The molecule has 0 saturated heterocycles. The molecular formula is C8H15BrN4. The highest BCUT2D eigenvalue weighted by Crippen LogP contribution is 2.22. The molecular weight excluding hydrogens is 232 g/mol. The molecule has 0 aliphatic heterocycles. The van der Waals surface area contributed by atoms with Crippen LogP contribution in [0.25, 0.3) is 0 Å². The van der Waals surface area contributed by atoms with Crippen molar-refractivity contribution in [3.05, 3.63) is 10.3 Å². The van der Waals surface area contributed by atoms with Crippen LogP contribution in [0.2, 0.25) is 0 Å². The van der Waals surface area contributed by atoms with Crippen molar-refractivity contribution < 1.29 is 0 Å². The number of aromatic nitrogens is 3. The van der Waals surface area contributed by atoms with Gasteiger partial charge in [0.25, 0.3) is 0 Å². The fourth-order valence-corrected chi connectivity index (χ4v) is 1.91. The number of unbranched alkanes of at least 4 members (excludes halogenated alkanes) is 1. The molecule has 0 spiro atoms. The summed E-state index contributed by atoms with van der Waals surface area (Å²) in [5, 5.41) is 7.78. The normalized spacial score (nSPS) is 13.2. The fourth-order valence-electron chi connectivity index (χ4n) is 1.29. The standard InChI is InChI=1S/C8H15BrN4/c1-3-4-5-6(10)7-8(9)11-12-13(7)2/h6H,3-5,10H2,1-2H3. The van der Waals surface area contributed by atoms with Crippen molar-refractivity contribution in [1.29, 1.82) is 0 Å². The van der Waals surface area contributed by atoms with Crippen molar-refractivity contribution in [2.24, 2.45) is 12.8 Å². The summed E-state index contributed by atoms with van der Waals surface area (Å²) in [5.41, 5.74) is 6.98. The Hall–Kier alpha value is -0.420. The third-order valence-corrected chi connectivity index (χ3v) is 2.61. The van der Waals surface area contributed by atoms with E-state index < -0.39 is 0 Å². The van der Waals surface area contributed by atoms with Crippen LogP contribution in [0.15, 0.2) is 4.60 Å². The second-order valence-electron chi connectivity index (χ2n) is 3.14. The van der Waals surface area contributed by atoms with Gasteiger partial charge in [0.2, 0.25) is 0 Å². The van der Waals surface area contributed by atoms with Gasteiger partial charge in [-0.05, 0) is 22.4 Å². The zero-order valence-corrected chi connectivity index (χ0v) is 9.58. The van der Waals surface area contributed by atoms with Gasteiger partial charge in [0.1, 0.15) is 0 Å². The molecule has 1 aromatic heterocycles. The van der Waals surface area contributed by atoms with Gasteiger partial charge in [-0.2, -0.15) is 0 Å². The predicted molar refractivity (Wildman–Crippen MR) is 55.2 cm³/mol. The predicted octanol–water partition coefficient (Wildman–Crippen LogP) is 1.77. The third-order valence-electron chi connectivity index (χ3n) is 2.05. The average Bonchev–Trinajstić information content (AvgIpc) is 2.42. The molecule has 1 rings (SSSR count). The Balaban J connectivity index is 2.69. The van der Waals surface area contributed by atoms with E-state index in [1.54, 1.807) is 4.68 Å². The monoisotopic (exact) mass is 246 g/mol. The van der Waals surface area contributed by atoms with E-state index in [2.05, 4.69) is 33.2 Å². The van der Waals surface area contributed by atoms with Crippen molar-refractivity contribution >= 4 is 15.9 Å². The lowest BCUT2D eigenvalue weighted by Crippen LogP contribution is -2.15. The maximum Gasteiger partial charge on any atom is 0.153 e. The van der Waals surface area contributed by atoms with Gasteiger partial charge in [0.05, 0.1) is 5.69 Å². The zero-order chi connectivity index (χ0) is 9.84. The first kappa shape index (κ1) is 10.7. The smallest absolute Gasteiger partial charge is 0.153 e. The molecule has 0 aliphatic rings. The van der Waals surface area contributed by atoms with Crippen molar-refractivity contribution in [3.8, 4) is 0 Å². The van der Waals surface area contributed by atoms with E-state index in [1.807, 2.05) is 7.05 Å². The summed E-state index contributed by atoms with van der Waals surface area (Å²) in [7, 11) is 1.86. The number of aryl methyl sites for hydroxylation is 1. The van der Waals surface area contributed by atoms with Crippen LogP contribution in [0.3, 0.4) is 0 Å². The highest BCUT2D eigenvalue weighted by atomic mass is 79.9. The third kappa shape index (κ3) is 2.51. The summed E-state index contributed by atoms with van der Waals surface area (Å²) < 4.78 is 2.49. The molecule has 1 heterocycles. The molecule has 13 heavy (non-hydrogen) atoms. The largest absolute Gasteiger partial charge is 0.323 e. The summed E-state index contributed by atoms with van der Waals surface area (Å²) >= 11 is 3.34. The molecule has 0 aromatic carbocycles. The molecule has 1 aromatic rings. The lowest BCUT2D eigenvalue weighted by molar-refractivity contribution is 0.551. The molecule has 0 saturated carbocycles. The molecule has 0 fully saturated rings. The lowest BCUT2D eigenvalue weighted by Gasteiger charge is -2.10. The van der Waals surface area contributed by atoms with Gasteiger partial charge in [0.15, 0.2) is 4.60 Å². The van der Waals surface area contributed by atoms with Crippen molar-refractivity contribution in [3.63, 3.8) is 0 Å². The van der Waals surface area contributed by atoms with Crippen LogP contribution in [-0.2, 0) is 7.05 Å². The molecule has 5 heteroatoms. The Bertz CT molecular complexity index is 252. The molecule has 0 bridgehead atoms. The van der Waals surface area contributed by atoms with Gasteiger partial charge < -0.3 is 5.73 Å². The SMILES string of the molecule is CCCCC(N)c1c(Br)nnn1C. The van der Waals surface area contributed by atoms with Crippen LogP contribution in [0.4, 0.5) is 0 Å². The van der Waals surface area contributed by atoms with Gasteiger partial charge in [-0.3, -0.25) is 0 Å². The first-order valence-corrected chi connectivity index (χ1v) is 5.26. The Morgan fingerprint density at radius 1 is 1.62 bits per heavy atom. The summed E-state index contributed by atoms with van der Waals surface area (Å²) in [6.45, 7) is 2.16. The van der Waals surface area contributed by atoms with Crippen molar-refractivity contribution in [1.82, 2.24) is 15.0 Å². The van der Waals surface area contributed by atoms with E-state index in [-0.39, 0.29) is 6.04 Å². The highest BCUT2D eigenvalue weighted by molar-refractivity contribution is 9.10. The Kier molecular flexibility index (Phi) is 3.87. The summed E-state index contributed by atoms with van der Waals surface area (Å²) in [4.78, 5) is 0. The van der Waals surface area contributed by atoms with Gasteiger partial charge in [-0.25, -0.2) is 4.68 Å². The average molecular weight is 247 g/mol. The molecule has 0 amide bonds. The first-order chi connectivity index (χ1) is 6.16. The molecule has 1 unspecified atom stereocenters. The lowest BCUT2D eigenvalue weighted by atomic mass is 10.1. The van der Waals surface area contributed by atoms with Crippen LogP contribution in [0, 0.1) is 0 Å². The van der Waals surface area contributed by atoms with E-state index >= 15 is 0 Å². The van der Waals surface area contributed by atoms with Crippen LogP contribution in [0.5, 0.6) is 0 Å². The van der Waals surface area contributed by atoms with Gasteiger partial charge in [-0.15, -0.1) is 5.10 Å². The second kappa shape index (κ2) is 4.72. The topological polar surface area (TPSA) is 56.7 Å². The van der Waals surface area contributed by atoms with Crippen LogP contribution in [-0.4, -0.2) is 15.0 Å². The molecule has 2 N–H and O–H groups in total. The van der Waals surface area contributed by atoms with E-state index in [1.165, 1.54) is 0 Å². The molecule has 1 atom stereocenters. The fraction of sp³-hybridized carbons (Fsp3) is 0.750. The van der Waals surface area contributed by atoms with Gasteiger partial charge in [-0.1, -0.05) is 25.0 Å². The minimum Gasteiger partial charge on any atom is -0.323 e. The number of rotatable bonds is 4. The van der Waals surface area contributed by atoms with Crippen LogP contribution in [0.1, 0.15) is 37.9 Å². The summed E-state index contributed by atoms with van der Waals surface area (Å²) in [6.07, 6.45) is 3.28. The number of nitrogens with two attached hydrogens (primary N) is 1. The quantitative estimate of drug-likeness (QED) is 0.882. The highest BCUT2D eigenvalue weighted by Gasteiger charge is 2.15. The molecule has 0 radical (unpaired) electrons. The summed E-state index contributed by atoms with van der Waals surface area (Å²) in [5.74, 6) is 0. The zero-order valence-electron chi connectivity index (χ0n) is 8.00. The maximum atomic E-state index is 6.00. The number of hydrogen-bond donors (Lipinski definition) is 1. The Morgan fingerprint density at radius 2 is 2.31 bits per heavy atom. The van der Waals surface area contributed by atoms with Crippen molar-refractivity contribution in [2.45, 2.75) is 32.2 Å². The Labute approximate surface area is 86.6 Å². The second-order valence-corrected chi connectivity index (χ2v) is 3.89. The first-order valence-electron chi connectivity index (χ1n) is 4.47. The Morgan fingerprint density at radius 3 is 2.77 bits per heavy atom. The van der Waals surface area contributed by atoms with E-state index in [0.717, 1.165) is 29.6 Å². The maximum absolute atomic E-state index is 6.00. The molecule has 4 nitrogen and oxygen atoms in total. The van der Waals surface area contributed by atoms with E-state index in [0.29, 0.717) is 0 Å². The molecule has 0 aliphatic carbocycles. The van der Waals surface area contributed by atoms with Crippen molar-refractivity contribution in [2.75, 3.05) is 0 Å². The number of halogens is 1. The van der Waals surface area contributed by atoms with E-state index in [9.17, 15) is 0 Å². The van der Waals surface area contributed by atoms with Crippen LogP contribution < -0.4 is 5.73 Å². The van der Waals surface area contributed by atoms with E-state index in [4.69, 9.17) is 5.73 Å². The minimum atomic E-state index is 0.0364. The van der Waals surface area contributed by atoms with Gasteiger partial charge in [0, 0.05) is 13.1 Å². The number of nitrogens with zero attached hydrogens (tertiary/aromatic N) is 3. The van der Waals surface area contributed by atoms with Gasteiger partial charge >= 0.3 is 0 Å². The number of hydrogen-bond acceptors (Lipinski definition) is 3. The molecule has 74 valence electrons. The summed E-state index contributed by atoms with van der Waals surface area (Å²) in [6, 6.07) is 0.0364. The minimum absolute atomic E-state index is 0.0364.